The molecule has 2 aromatic heterocycles. The molecule has 1 atom stereocenters. The van der Waals surface area contributed by atoms with Gasteiger partial charge in [0.15, 0.2) is 0 Å². The van der Waals surface area contributed by atoms with Crippen molar-refractivity contribution in [3.8, 4) is 0 Å². The first-order valence-electron chi connectivity index (χ1n) is 9.44. The van der Waals surface area contributed by atoms with E-state index in [0.717, 1.165) is 63.3 Å². The van der Waals surface area contributed by atoms with Crippen LogP contribution in [0.25, 0.3) is 0 Å². The van der Waals surface area contributed by atoms with E-state index in [4.69, 9.17) is 4.52 Å². The number of hydrogen-bond donors (Lipinski definition) is 1. The molecule has 0 radical (unpaired) electrons. The molecule has 2 aromatic rings. The number of piperidine rings is 1. The number of nitrogens with zero attached hydrogens (tertiary/aromatic N) is 3. The zero-order valence-corrected chi connectivity index (χ0v) is 16.0. The Kier molecular flexibility index (Phi) is 5.26. The molecule has 2 saturated heterocycles. The molecule has 1 N–H and O–H groups in total. The number of carbonyl (C=O) groups excluding carboxylic acids is 1. The summed E-state index contributed by atoms with van der Waals surface area (Å²) >= 11 is 1.81. The van der Waals surface area contributed by atoms with Gasteiger partial charge in [-0.05, 0) is 44.1 Å². The Labute approximate surface area is 158 Å². The van der Waals surface area contributed by atoms with Crippen molar-refractivity contribution < 1.29 is 9.32 Å². The number of thiophene rings is 1. The third kappa shape index (κ3) is 3.94. The summed E-state index contributed by atoms with van der Waals surface area (Å²) in [6.07, 6.45) is 4.00. The van der Waals surface area contributed by atoms with E-state index in [0.29, 0.717) is 0 Å². The normalized spacial score (nSPS) is 22.0. The number of urea groups is 1. The summed E-state index contributed by atoms with van der Waals surface area (Å²) in [6, 6.07) is 6.60. The molecule has 26 heavy (non-hydrogen) atoms. The minimum absolute atomic E-state index is 0.0462. The number of carbonyl (C=O) groups is 1. The van der Waals surface area contributed by atoms with E-state index in [2.05, 4.69) is 32.9 Å². The molecule has 6 nitrogen and oxygen atoms in total. The van der Waals surface area contributed by atoms with Crippen LogP contribution in [0.3, 0.4) is 0 Å². The van der Waals surface area contributed by atoms with Crippen LogP contribution < -0.4 is 5.32 Å². The first-order chi connectivity index (χ1) is 12.7. The molecule has 2 fully saturated rings. The first kappa shape index (κ1) is 17.5. The first-order valence-corrected chi connectivity index (χ1v) is 10.3. The van der Waals surface area contributed by atoms with Crippen molar-refractivity contribution in [2.24, 2.45) is 0 Å². The average Bonchev–Trinajstić information content (AvgIpc) is 3.37. The second-order valence-electron chi connectivity index (χ2n) is 7.29. The Bertz CT molecular complexity index is 722. The number of rotatable bonds is 4. The van der Waals surface area contributed by atoms with Crippen LogP contribution in [0.4, 0.5) is 4.79 Å². The highest BCUT2D eigenvalue weighted by molar-refractivity contribution is 7.09. The van der Waals surface area contributed by atoms with Gasteiger partial charge >= 0.3 is 6.03 Å². The molecule has 4 rings (SSSR count). The highest BCUT2D eigenvalue weighted by Crippen LogP contribution is 2.31. The van der Waals surface area contributed by atoms with Crippen molar-refractivity contribution in [3.05, 3.63) is 39.9 Å². The minimum Gasteiger partial charge on any atom is -0.361 e. The smallest absolute Gasteiger partial charge is 0.318 e. The Balaban J connectivity index is 1.28. The molecular weight excluding hydrogens is 348 g/mol. The van der Waals surface area contributed by atoms with E-state index in [1.54, 1.807) is 0 Å². The van der Waals surface area contributed by atoms with Gasteiger partial charge in [-0.1, -0.05) is 11.2 Å². The Morgan fingerprint density at radius 2 is 2.19 bits per heavy atom. The van der Waals surface area contributed by atoms with E-state index in [1.807, 2.05) is 29.2 Å². The zero-order valence-electron chi connectivity index (χ0n) is 15.2. The molecule has 0 aromatic carbocycles. The van der Waals surface area contributed by atoms with Crippen LogP contribution >= 0.6 is 11.3 Å². The lowest BCUT2D eigenvalue weighted by atomic mass is 10.1. The van der Waals surface area contributed by atoms with Crippen LogP contribution in [-0.2, 0) is 6.54 Å². The molecule has 0 unspecified atom stereocenters. The maximum absolute atomic E-state index is 12.8. The summed E-state index contributed by atoms with van der Waals surface area (Å²) in [6.45, 7) is 5.78. The van der Waals surface area contributed by atoms with Crippen molar-refractivity contribution in [2.75, 3.05) is 19.6 Å². The fraction of sp³-hybridized carbons (Fsp3) is 0.579. The van der Waals surface area contributed by atoms with Crippen molar-refractivity contribution in [3.63, 3.8) is 0 Å². The highest BCUT2D eigenvalue weighted by Gasteiger charge is 2.33. The fourth-order valence-corrected chi connectivity index (χ4v) is 4.72. The number of amides is 2. The summed E-state index contributed by atoms with van der Waals surface area (Å²) in [5.74, 6) is 0.797. The quantitative estimate of drug-likeness (QED) is 0.889. The number of likely N-dealkylation sites (tertiary alicyclic amines) is 2. The Hall–Kier alpha value is -1.86. The molecular formula is C19H26N4O2S. The second kappa shape index (κ2) is 7.80. The van der Waals surface area contributed by atoms with Crippen LogP contribution in [0.5, 0.6) is 0 Å². The lowest BCUT2D eigenvalue weighted by Gasteiger charge is -2.33. The lowest BCUT2D eigenvalue weighted by Crippen LogP contribution is -2.48. The predicted molar refractivity (Wildman–Crippen MR) is 101 cm³/mol. The van der Waals surface area contributed by atoms with Crippen molar-refractivity contribution >= 4 is 17.4 Å². The maximum atomic E-state index is 12.8. The standard InChI is InChI=1S/C19H26N4O2S/c1-14-12-17(21-25-14)18-5-2-8-23(18)19(24)20-15-6-9-22(10-7-15)13-16-4-3-11-26-16/h3-4,11-12,15,18H,2,5-10,13H2,1H3,(H,20,24)/t18-/m0/s1. The summed E-state index contributed by atoms with van der Waals surface area (Å²) < 4.78 is 5.20. The van der Waals surface area contributed by atoms with Crippen LogP contribution in [-0.4, -0.2) is 46.7 Å². The van der Waals surface area contributed by atoms with E-state index < -0.39 is 0 Å². The Morgan fingerprint density at radius 3 is 2.88 bits per heavy atom. The van der Waals surface area contributed by atoms with E-state index in [1.165, 1.54) is 4.88 Å². The average molecular weight is 375 g/mol. The summed E-state index contributed by atoms with van der Waals surface area (Å²) in [5.41, 5.74) is 0.876. The van der Waals surface area contributed by atoms with Gasteiger partial charge in [-0.2, -0.15) is 0 Å². The number of hydrogen-bond acceptors (Lipinski definition) is 5. The topological polar surface area (TPSA) is 61.6 Å². The van der Waals surface area contributed by atoms with Gasteiger partial charge in [0.05, 0.1) is 6.04 Å². The van der Waals surface area contributed by atoms with Gasteiger partial charge in [0.25, 0.3) is 0 Å². The van der Waals surface area contributed by atoms with Gasteiger partial charge in [0.1, 0.15) is 11.5 Å². The maximum Gasteiger partial charge on any atom is 0.318 e. The predicted octanol–water partition coefficient (Wildman–Crippen LogP) is 3.56. The van der Waals surface area contributed by atoms with Gasteiger partial charge in [0, 0.05) is 43.2 Å². The second-order valence-corrected chi connectivity index (χ2v) is 8.33. The van der Waals surface area contributed by atoms with Crippen LogP contribution in [0.15, 0.2) is 28.1 Å². The van der Waals surface area contributed by atoms with Crippen LogP contribution in [0.1, 0.15) is 48.1 Å². The third-order valence-electron chi connectivity index (χ3n) is 5.38. The van der Waals surface area contributed by atoms with Gasteiger partial charge < -0.3 is 14.7 Å². The Morgan fingerprint density at radius 1 is 1.35 bits per heavy atom. The summed E-state index contributed by atoms with van der Waals surface area (Å²) in [7, 11) is 0. The molecule has 0 aliphatic carbocycles. The molecule has 140 valence electrons. The summed E-state index contributed by atoms with van der Waals surface area (Å²) in [4.78, 5) is 18.6. The van der Waals surface area contributed by atoms with Gasteiger partial charge in [0.2, 0.25) is 0 Å². The molecule has 0 spiro atoms. The van der Waals surface area contributed by atoms with Gasteiger partial charge in [-0.15, -0.1) is 11.3 Å². The van der Waals surface area contributed by atoms with Crippen LogP contribution in [0.2, 0.25) is 0 Å². The van der Waals surface area contributed by atoms with Gasteiger partial charge in [-0.3, -0.25) is 4.90 Å². The van der Waals surface area contributed by atoms with Crippen molar-refractivity contribution in [1.29, 1.82) is 0 Å². The molecule has 2 aliphatic heterocycles. The fourth-order valence-electron chi connectivity index (χ4n) is 3.98. The van der Waals surface area contributed by atoms with Crippen molar-refractivity contribution in [2.45, 2.75) is 51.2 Å². The number of aryl methyl sites for hydroxylation is 1. The van der Waals surface area contributed by atoms with Crippen LogP contribution in [0, 0.1) is 6.92 Å². The molecule has 4 heterocycles. The highest BCUT2D eigenvalue weighted by atomic mass is 32.1. The molecule has 0 saturated carbocycles. The zero-order chi connectivity index (χ0) is 17.9. The molecule has 2 aliphatic rings. The third-order valence-corrected chi connectivity index (χ3v) is 6.24. The monoisotopic (exact) mass is 374 g/mol. The van der Waals surface area contributed by atoms with E-state index >= 15 is 0 Å². The van der Waals surface area contributed by atoms with E-state index in [9.17, 15) is 4.79 Å². The van der Waals surface area contributed by atoms with Crippen molar-refractivity contribution in [1.82, 2.24) is 20.3 Å². The molecule has 2 amide bonds. The number of aromatic nitrogens is 1. The molecule has 7 heteroatoms. The minimum atomic E-state index is 0.0462. The largest absolute Gasteiger partial charge is 0.361 e. The van der Waals surface area contributed by atoms with E-state index in [-0.39, 0.29) is 18.1 Å². The number of nitrogens with one attached hydrogen (secondary N) is 1. The summed E-state index contributed by atoms with van der Waals surface area (Å²) in [5, 5.41) is 9.50. The lowest BCUT2D eigenvalue weighted by molar-refractivity contribution is 0.165. The molecule has 0 bridgehead atoms. The SMILES string of the molecule is Cc1cc([C@@H]2CCCN2C(=O)NC2CCN(Cc3cccs3)CC2)no1. The van der Waals surface area contributed by atoms with Gasteiger partial charge in [-0.25, -0.2) is 4.79 Å².